The first kappa shape index (κ1) is 19.6. The maximum Gasteiger partial charge on any atom is 0.251 e. The van der Waals surface area contributed by atoms with E-state index >= 15 is 0 Å². The van der Waals surface area contributed by atoms with Crippen LogP contribution >= 0.6 is 11.3 Å². The van der Waals surface area contributed by atoms with E-state index in [1.54, 1.807) is 11.3 Å². The number of benzene rings is 1. The number of anilines is 1. The summed E-state index contributed by atoms with van der Waals surface area (Å²) in [6.07, 6.45) is 0.998. The summed E-state index contributed by atoms with van der Waals surface area (Å²) in [5.74, 6) is -0.0324. The highest BCUT2D eigenvalue weighted by atomic mass is 32.1. The Kier molecular flexibility index (Phi) is 6.63. The van der Waals surface area contributed by atoms with Gasteiger partial charge in [-0.05, 0) is 66.7 Å². The molecule has 1 aliphatic rings. The molecule has 0 saturated heterocycles. The van der Waals surface area contributed by atoms with Crippen LogP contribution in [0.15, 0.2) is 46.2 Å². The van der Waals surface area contributed by atoms with Crippen LogP contribution in [0, 0.1) is 0 Å². The molecule has 1 amide bonds. The topological polar surface area (TPSA) is 47.9 Å². The average molecular weight is 385 g/mol. The van der Waals surface area contributed by atoms with E-state index in [2.05, 4.69) is 46.0 Å². The molecular formula is C21H28N4OS. The molecule has 1 atom stereocenters. The van der Waals surface area contributed by atoms with E-state index in [-0.39, 0.29) is 11.9 Å². The van der Waals surface area contributed by atoms with Crippen LogP contribution < -0.4 is 10.3 Å². The molecule has 0 unspecified atom stereocenters. The number of carbonyl (C=O) groups excluding carboxylic acids is 1. The third-order valence-corrected chi connectivity index (χ3v) is 5.74. The van der Waals surface area contributed by atoms with Crippen molar-refractivity contribution in [3.8, 4) is 0 Å². The van der Waals surface area contributed by atoms with Gasteiger partial charge in [-0.15, -0.1) is 0 Å². The van der Waals surface area contributed by atoms with Gasteiger partial charge in [-0.25, -0.2) is 0 Å². The molecule has 0 spiro atoms. The minimum atomic E-state index is -0.0324. The molecule has 2 aromatic rings. The highest BCUT2D eigenvalue weighted by Crippen LogP contribution is 2.23. The number of nitrogens with zero attached hydrogens (tertiary/aromatic N) is 3. The van der Waals surface area contributed by atoms with Crippen molar-refractivity contribution in [3.63, 3.8) is 0 Å². The molecule has 0 bridgehead atoms. The van der Waals surface area contributed by atoms with Gasteiger partial charge in [0.15, 0.2) is 0 Å². The van der Waals surface area contributed by atoms with Crippen LogP contribution in [-0.2, 0) is 0 Å². The maximum atomic E-state index is 12.6. The van der Waals surface area contributed by atoms with Crippen molar-refractivity contribution in [2.45, 2.75) is 33.2 Å². The van der Waals surface area contributed by atoms with E-state index in [1.807, 2.05) is 36.2 Å². The zero-order chi connectivity index (χ0) is 19.2. The zero-order valence-electron chi connectivity index (χ0n) is 16.3. The number of rotatable bonds is 8. The molecule has 3 rings (SSSR count). The Morgan fingerprint density at radius 3 is 2.56 bits per heavy atom. The molecular weight excluding hydrogens is 356 g/mol. The molecule has 144 valence electrons. The second-order valence-electron chi connectivity index (χ2n) is 6.76. The Morgan fingerprint density at radius 1 is 1.26 bits per heavy atom. The fraction of sp³-hybridized carbons (Fsp3) is 0.429. The van der Waals surface area contributed by atoms with E-state index in [4.69, 9.17) is 0 Å². The molecule has 0 radical (unpaired) electrons. The molecule has 27 heavy (non-hydrogen) atoms. The van der Waals surface area contributed by atoms with Crippen LogP contribution in [0.3, 0.4) is 0 Å². The SMILES string of the molecule is CCN(CC)[C@H](CNC(=O)c1ccc(N2CCC(C)=N2)cc1)c1ccsc1. The number of thiophene rings is 1. The standard InChI is InChI=1S/C21H28N4OS/c1-4-24(5-2)20(18-11-13-27-15-18)14-22-21(26)17-6-8-19(9-7-17)25-12-10-16(3)23-25/h6-9,11,13,15,20H,4-5,10,12,14H2,1-3H3,(H,22,26)/t20-/m1/s1. The van der Waals surface area contributed by atoms with Crippen molar-refractivity contribution in [3.05, 3.63) is 52.2 Å². The van der Waals surface area contributed by atoms with Gasteiger partial charge in [0, 0.05) is 30.8 Å². The second-order valence-corrected chi connectivity index (χ2v) is 7.54. The third kappa shape index (κ3) is 4.76. The summed E-state index contributed by atoms with van der Waals surface area (Å²) in [6, 6.07) is 10.1. The van der Waals surface area contributed by atoms with Crippen LogP contribution in [0.5, 0.6) is 0 Å². The van der Waals surface area contributed by atoms with E-state index in [9.17, 15) is 4.79 Å². The zero-order valence-corrected chi connectivity index (χ0v) is 17.1. The van der Waals surface area contributed by atoms with Crippen molar-refractivity contribution < 1.29 is 4.79 Å². The summed E-state index contributed by atoms with van der Waals surface area (Å²) in [7, 11) is 0. The first-order valence-corrected chi connectivity index (χ1v) is 10.5. The Hall–Kier alpha value is -2.18. The lowest BCUT2D eigenvalue weighted by molar-refractivity contribution is 0.0935. The number of nitrogens with one attached hydrogen (secondary N) is 1. The molecule has 0 aliphatic carbocycles. The normalized spacial score (nSPS) is 15.1. The number of amides is 1. The summed E-state index contributed by atoms with van der Waals surface area (Å²) in [4.78, 5) is 15.0. The number of carbonyl (C=O) groups is 1. The predicted octanol–water partition coefficient (Wildman–Crippen LogP) is 4.15. The molecule has 1 aromatic carbocycles. The average Bonchev–Trinajstić information content (AvgIpc) is 3.37. The molecule has 6 heteroatoms. The Morgan fingerprint density at radius 2 is 2.00 bits per heavy atom. The molecule has 0 fully saturated rings. The molecule has 1 aliphatic heterocycles. The molecule has 1 N–H and O–H groups in total. The van der Waals surface area contributed by atoms with Gasteiger partial charge < -0.3 is 5.32 Å². The number of hydrogen-bond acceptors (Lipinski definition) is 5. The number of hydrogen-bond donors (Lipinski definition) is 1. The van der Waals surface area contributed by atoms with Gasteiger partial charge in [-0.2, -0.15) is 16.4 Å². The number of likely N-dealkylation sites (N-methyl/N-ethyl adjacent to an activating group) is 1. The van der Waals surface area contributed by atoms with Gasteiger partial charge in [-0.3, -0.25) is 14.7 Å². The van der Waals surface area contributed by atoms with E-state index in [1.165, 1.54) is 5.56 Å². The van der Waals surface area contributed by atoms with Crippen LogP contribution in [0.4, 0.5) is 5.69 Å². The molecule has 0 saturated carbocycles. The third-order valence-electron chi connectivity index (χ3n) is 5.04. The van der Waals surface area contributed by atoms with Crippen molar-refractivity contribution in [2.75, 3.05) is 31.2 Å². The summed E-state index contributed by atoms with van der Waals surface area (Å²) in [5.41, 5.74) is 4.12. The smallest absolute Gasteiger partial charge is 0.251 e. The quantitative estimate of drug-likeness (QED) is 0.744. The van der Waals surface area contributed by atoms with Crippen LogP contribution in [0.1, 0.15) is 49.2 Å². The summed E-state index contributed by atoms with van der Waals surface area (Å²) < 4.78 is 0. The van der Waals surface area contributed by atoms with Crippen LogP contribution in [-0.4, -0.2) is 42.7 Å². The monoisotopic (exact) mass is 384 g/mol. The molecule has 1 aromatic heterocycles. The maximum absolute atomic E-state index is 12.6. The molecule has 2 heterocycles. The second kappa shape index (κ2) is 9.15. The lowest BCUT2D eigenvalue weighted by atomic mass is 10.1. The van der Waals surface area contributed by atoms with E-state index < -0.39 is 0 Å². The van der Waals surface area contributed by atoms with Gasteiger partial charge >= 0.3 is 0 Å². The summed E-state index contributed by atoms with van der Waals surface area (Å²) in [6.45, 7) is 9.78. The van der Waals surface area contributed by atoms with E-state index in [0.29, 0.717) is 12.1 Å². The summed E-state index contributed by atoms with van der Waals surface area (Å²) in [5, 5.41) is 13.9. The van der Waals surface area contributed by atoms with Gasteiger partial charge in [0.2, 0.25) is 0 Å². The van der Waals surface area contributed by atoms with Crippen molar-refractivity contribution in [2.24, 2.45) is 5.10 Å². The first-order valence-electron chi connectivity index (χ1n) is 9.58. The highest BCUT2D eigenvalue weighted by Gasteiger charge is 2.20. The first-order chi connectivity index (χ1) is 13.1. The van der Waals surface area contributed by atoms with Gasteiger partial charge in [0.05, 0.1) is 11.7 Å². The van der Waals surface area contributed by atoms with E-state index in [0.717, 1.165) is 37.5 Å². The van der Waals surface area contributed by atoms with Crippen molar-refractivity contribution in [1.82, 2.24) is 10.2 Å². The predicted molar refractivity (Wildman–Crippen MR) is 114 cm³/mol. The van der Waals surface area contributed by atoms with Crippen molar-refractivity contribution >= 4 is 28.6 Å². The minimum Gasteiger partial charge on any atom is -0.350 e. The fourth-order valence-corrected chi connectivity index (χ4v) is 4.13. The largest absolute Gasteiger partial charge is 0.350 e. The Labute approximate surface area is 165 Å². The minimum absolute atomic E-state index is 0.0324. The van der Waals surface area contributed by atoms with Crippen LogP contribution in [0.2, 0.25) is 0 Å². The van der Waals surface area contributed by atoms with Gasteiger partial charge in [0.1, 0.15) is 0 Å². The summed E-state index contributed by atoms with van der Waals surface area (Å²) >= 11 is 1.70. The van der Waals surface area contributed by atoms with Gasteiger partial charge in [0.25, 0.3) is 5.91 Å². The van der Waals surface area contributed by atoms with Crippen LogP contribution in [0.25, 0.3) is 0 Å². The molecule has 5 nitrogen and oxygen atoms in total. The Bertz CT molecular complexity index is 766. The lowest BCUT2D eigenvalue weighted by Crippen LogP contribution is -2.37. The Balaban J connectivity index is 1.63. The van der Waals surface area contributed by atoms with Gasteiger partial charge in [-0.1, -0.05) is 13.8 Å². The highest BCUT2D eigenvalue weighted by molar-refractivity contribution is 7.07. The lowest BCUT2D eigenvalue weighted by Gasteiger charge is -2.29. The fourth-order valence-electron chi connectivity index (χ4n) is 3.42. The van der Waals surface area contributed by atoms with Crippen molar-refractivity contribution in [1.29, 1.82) is 0 Å². The number of hydrazone groups is 1.